The summed E-state index contributed by atoms with van der Waals surface area (Å²) in [7, 11) is 0. The molecule has 0 saturated heterocycles. The lowest BCUT2D eigenvalue weighted by Crippen LogP contribution is -2.00. The largest absolute Gasteiger partial charge is 0.392 e. The molecule has 14 heavy (non-hydrogen) atoms. The second-order valence-corrected chi connectivity index (χ2v) is 3.08. The molecule has 2 aromatic heterocycles. The molecular weight excluding hydrogens is 178 g/mol. The number of rotatable bonds is 2. The summed E-state index contributed by atoms with van der Waals surface area (Å²) in [6.45, 7) is 1.92. The third kappa shape index (κ3) is 1.65. The smallest absolute Gasteiger partial charge is 0.153 e. The van der Waals surface area contributed by atoms with Crippen molar-refractivity contribution in [1.29, 1.82) is 0 Å². The van der Waals surface area contributed by atoms with Crippen LogP contribution in [0, 0.1) is 6.92 Å². The van der Waals surface area contributed by atoms with Crippen LogP contribution < -0.4 is 0 Å². The molecule has 2 aromatic rings. The van der Waals surface area contributed by atoms with Gasteiger partial charge >= 0.3 is 0 Å². The predicted octanol–water partition coefficient (Wildman–Crippen LogP) is 1.07. The Labute approximate surface area is 81.8 Å². The van der Waals surface area contributed by atoms with Crippen molar-refractivity contribution in [3.05, 3.63) is 41.9 Å². The van der Waals surface area contributed by atoms with E-state index < -0.39 is 0 Å². The minimum Gasteiger partial charge on any atom is -0.392 e. The highest BCUT2D eigenvalue weighted by Gasteiger charge is 2.01. The van der Waals surface area contributed by atoms with Gasteiger partial charge in [0.2, 0.25) is 0 Å². The number of aryl methyl sites for hydroxylation is 1. The van der Waals surface area contributed by atoms with E-state index in [0.717, 1.165) is 17.1 Å². The Hall–Kier alpha value is -1.68. The van der Waals surface area contributed by atoms with Crippen molar-refractivity contribution < 1.29 is 5.11 Å². The van der Waals surface area contributed by atoms with E-state index in [9.17, 15) is 0 Å². The van der Waals surface area contributed by atoms with Crippen LogP contribution in [0.4, 0.5) is 0 Å². The number of hydrogen-bond donors (Lipinski definition) is 1. The maximum atomic E-state index is 9.03. The van der Waals surface area contributed by atoms with Crippen molar-refractivity contribution in [2.24, 2.45) is 0 Å². The van der Waals surface area contributed by atoms with E-state index in [1.807, 2.05) is 31.3 Å². The number of aliphatic hydroxyl groups excluding tert-OH is 1. The lowest BCUT2D eigenvalue weighted by molar-refractivity contribution is 0.281. The Morgan fingerprint density at radius 2 is 2.29 bits per heavy atom. The van der Waals surface area contributed by atoms with Gasteiger partial charge in [-0.3, -0.25) is 0 Å². The van der Waals surface area contributed by atoms with Crippen LogP contribution in [0.1, 0.15) is 11.3 Å². The van der Waals surface area contributed by atoms with Crippen LogP contribution in [0.5, 0.6) is 0 Å². The summed E-state index contributed by atoms with van der Waals surface area (Å²) >= 11 is 0. The Balaban J connectivity index is 2.48. The van der Waals surface area contributed by atoms with E-state index in [1.54, 1.807) is 10.9 Å². The van der Waals surface area contributed by atoms with Gasteiger partial charge in [-0.1, -0.05) is 0 Å². The average Bonchev–Trinajstić information content (AvgIpc) is 2.69. The van der Waals surface area contributed by atoms with Crippen molar-refractivity contribution in [1.82, 2.24) is 14.8 Å². The first-order valence-corrected chi connectivity index (χ1v) is 4.38. The maximum absolute atomic E-state index is 9.03. The topological polar surface area (TPSA) is 50.9 Å². The van der Waals surface area contributed by atoms with Crippen LogP contribution in [-0.4, -0.2) is 19.9 Å². The highest BCUT2D eigenvalue weighted by Crippen LogP contribution is 2.08. The second-order valence-electron chi connectivity index (χ2n) is 3.08. The Kier molecular flexibility index (Phi) is 2.28. The Bertz CT molecular complexity index is 423. The van der Waals surface area contributed by atoms with Crippen molar-refractivity contribution in [3.8, 4) is 5.82 Å². The van der Waals surface area contributed by atoms with E-state index in [4.69, 9.17) is 5.11 Å². The zero-order valence-corrected chi connectivity index (χ0v) is 7.88. The van der Waals surface area contributed by atoms with Crippen LogP contribution in [0.15, 0.2) is 30.6 Å². The number of aliphatic hydroxyl groups is 1. The molecule has 4 nitrogen and oxygen atoms in total. The van der Waals surface area contributed by atoms with Gasteiger partial charge in [-0.2, -0.15) is 5.10 Å². The molecule has 0 fully saturated rings. The summed E-state index contributed by atoms with van der Waals surface area (Å²) in [4.78, 5) is 4.31. The molecule has 0 aromatic carbocycles. The van der Waals surface area contributed by atoms with E-state index in [2.05, 4.69) is 10.1 Å². The third-order valence-corrected chi connectivity index (χ3v) is 1.92. The summed E-state index contributed by atoms with van der Waals surface area (Å²) in [5.41, 5.74) is 1.73. The summed E-state index contributed by atoms with van der Waals surface area (Å²) in [5.74, 6) is 0.735. The molecule has 0 aliphatic carbocycles. The molecule has 0 atom stereocenters. The molecule has 0 radical (unpaired) electrons. The van der Waals surface area contributed by atoms with Gasteiger partial charge in [-0.15, -0.1) is 0 Å². The minimum absolute atomic E-state index is 0.0254. The Morgan fingerprint density at radius 1 is 1.43 bits per heavy atom. The van der Waals surface area contributed by atoms with Gasteiger partial charge < -0.3 is 5.11 Å². The molecule has 0 unspecified atom stereocenters. The van der Waals surface area contributed by atoms with Gasteiger partial charge in [-0.25, -0.2) is 9.67 Å². The first-order chi connectivity index (χ1) is 6.79. The summed E-state index contributed by atoms with van der Waals surface area (Å²) < 4.78 is 1.67. The van der Waals surface area contributed by atoms with Gasteiger partial charge in [0.1, 0.15) is 0 Å². The summed E-state index contributed by atoms with van der Waals surface area (Å²) in [6, 6.07) is 5.51. The van der Waals surface area contributed by atoms with Crippen molar-refractivity contribution >= 4 is 0 Å². The number of nitrogens with zero attached hydrogens (tertiary/aromatic N) is 3. The van der Waals surface area contributed by atoms with Gasteiger partial charge in [0.05, 0.1) is 6.61 Å². The fourth-order valence-corrected chi connectivity index (χ4v) is 1.33. The van der Waals surface area contributed by atoms with Crippen LogP contribution in [0.2, 0.25) is 0 Å². The van der Waals surface area contributed by atoms with Crippen molar-refractivity contribution in [2.45, 2.75) is 13.5 Å². The van der Waals surface area contributed by atoms with E-state index >= 15 is 0 Å². The minimum atomic E-state index is 0.0254. The third-order valence-electron chi connectivity index (χ3n) is 1.92. The second kappa shape index (κ2) is 3.59. The van der Waals surface area contributed by atoms with Gasteiger partial charge in [0.25, 0.3) is 0 Å². The normalized spacial score (nSPS) is 10.4. The lowest BCUT2D eigenvalue weighted by atomic mass is 10.2. The monoisotopic (exact) mass is 189 g/mol. The van der Waals surface area contributed by atoms with E-state index in [-0.39, 0.29) is 6.61 Å². The van der Waals surface area contributed by atoms with Gasteiger partial charge in [0, 0.05) is 18.1 Å². The van der Waals surface area contributed by atoms with Crippen molar-refractivity contribution in [3.63, 3.8) is 0 Å². The van der Waals surface area contributed by atoms with Crippen LogP contribution in [0.25, 0.3) is 5.82 Å². The van der Waals surface area contributed by atoms with Crippen molar-refractivity contribution in [2.75, 3.05) is 0 Å². The standard InChI is InChI=1S/C10H11N3O/c1-8-5-9(7-14)6-10(12-8)13-4-2-3-11-13/h2-6,14H,7H2,1H3. The molecule has 1 N–H and O–H groups in total. The molecule has 0 aliphatic heterocycles. The van der Waals surface area contributed by atoms with E-state index in [1.165, 1.54) is 0 Å². The molecule has 0 aliphatic rings. The molecule has 2 rings (SSSR count). The predicted molar refractivity (Wildman–Crippen MR) is 52.0 cm³/mol. The van der Waals surface area contributed by atoms with Gasteiger partial charge in [-0.05, 0) is 30.7 Å². The molecule has 0 spiro atoms. The fourth-order valence-electron chi connectivity index (χ4n) is 1.33. The average molecular weight is 189 g/mol. The first kappa shape index (κ1) is 8.90. The molecule has 0 amide bonds. The fraction of sp³-hybridized carbons (Fsp3) is 0.200. The molecule has 2 heterocycles. The maximum Gasteiger partial charge on any atom is 0.153 e. The number of pyridine rings is 1. The van der Waals surface area contributed by atoms with Crippen LogP contribution in [-0.2, 0) is 6.61 Å². The molecule has 4 heteroatoms. The highest BCUT2D eigenvalue weighted by atomic mass is 16.3. The van der Waals surface area contributed by atoms with E-state index in [0.29, 0.717) is 0 Å². The van der Waals surface area contributed by atoms with Gasteiger partial charge in [0.15, 0.2) is 5.82 Å². The first-order valence-electron chi connectivity index (χ1n) is 4.38. The molecule has 0 saturated carbocycles. The van der Waals surface area contributed by atoms with Crippen LogP contribution >= 0.6 is 0 Å². The summed E-state index contributed by atoms with van der Waals surface area (Å²) in [5, 5.41) is 13.1. The zero-order valence-electron chi connectivity index (χ0n) is 7.88. The Morgan fingerprint density at radius 3 is 2.93 bits per heavy atom. The quantitative estimate of drug-likeness (QED) is 0.768. The zero-order chi connectivity index (χ0) is 9.97. The number of aromatic nitrogens is 3. The highest BCUT2D eigenvalue weighted by molar-refractivity contribution is 5.29. The SMILES string of the molecule is Cc1cc(CO)cc(-n2cccn2)n1. The summed E-state index contributed by atoms with van der Waals surface area (Å²) in [6.07, 6.45) is 3.52. The van der Waals surface area contributed by atoms with Crippen LogP contribution in [0.3, 0.4) is 0 Å². The molecular formula is C10H11N3O. The lowest BCUT2D eigenvalue weighted by Gasteiger charge is -2.04. The molecule has 72 valence electrons. The number of hydrogen-bond acceptors (Lipinski definition) is 3. The molecule has 0 bridgehead atoms.